The van der Waals surface area contributed by atoms with E-state index in [1.165, 1.54) is 63.6 Å². The smallest absolute Gasteiger partial charge is 0.191 e. The second-order valence-electron chi connectivity index (χ2n) is 8.95. The molecule has 5 nitrogen and oxygen atoms in total. The van der Waals surface area contributed by atoms with Gasteiger partial charge in [0.2, 0.25) is 0 Å². The van der Waals surface area contributed by atoms with Crippen molar-refractivity contribution in [3.05, 3.63) is 35.9 Å². The van der Waals surface area contributed by atoms with Crippen LogP contribution in [-0.4, -0.2) is 67.6 Å². The van der Waals surface area contributed by atoms with Gasteiger partial charge in [0.05, 0.1) is 0 Å². The molecule has 0 amide bonds. The number of guanidine groups is 1. The fourth-order valence-electron chi connectivity index (χ4n) is 4.67. The monoisotopic (exact) mass is 399 g/mol. The fourth-order valence-corrected chi connectivity index (χ4v) is 4.67. The number of hydrogen-bond donors (Lipinski definition) is 2. The molecule has 1 saturated carbocycles. The number of rotatable bonds is 7. The van der Waals surface area contributed by atoms with Gasteiger partial charge in [-0.2, -0.15) is 0 Å². The van der Waals surface area contributed by atoms with Crippen molar-refractivity contribution < 1.29 is 0 Å². The Bertz CT molecular complexity index is 603. The van der Waals surface area contributed by atoms with Crippen LogP contribution in [0.15, 0.2) is 35.3 Å². The zero-order chi connectivity index (χ0) is 20.5. The van der Waals surface area contributed by atoms with E-state index in [2.05, 4.69) is 69.7 Å². The molecule has 0 spiro atoms. The molecule has 2 N–H and O–H groups in total. The quantitative estimate of drug-likeness (QED) is 0.544. The topological polar surface area (TPSA) is 42.9 Å². The van der Waals surface area contributed by atoms with E-state index in [1.807, 2.05) is 7.05 Å². The van der Waals surface area contributed by atoms with Gasteiger partial charge in [-0.3, -0.25) is 9.89 Å². The summed E-state index contributed by atoms with van der Waals surface area (Å²) in [5.74, 6) is 0.945. The van der Waals surface area contributed by atoms with Crippen LogP contribution in [0.1, 0.15) is 57.4 Å². The predicted molar refractivity (Wildman–Crippen MR) is 123 cm³/mol. The maximum absolute atomic E-state index is 4.47. The highest BCUT2D eigenvalue weighted by Crippen LogP contribution is 2.25. The SMILES string of the molecule is CN=C(NCC(C)N(C)Cc1ccccc1)NC1CCN(C2CCCCC2)CC1. The van der Waals surface area contributed by atoms with Crippen LogP contribution >= 0.6 is 0 Å². The standard InChI is InChI=1S/C24H41N5/c1-20(28(3)19-21-10-6-4-7-11-21)18-26-24(25-2)27-22-14-16-29(17-15-22)23-12-8-5-9-13-23/h4,6-7,10-11,20,22-23H,5,8-9,12-19H2,1-3H3,(H2,25,26,27). The minimum Gasteiger partial charge on any atom is -0.355 e. The van der Waals surface area contributed by atoms with Crippen molar-refractivity contribution in [1.29, 1.82) is 0 Å². The van der Waals surface area contributed by atoms with Crippen molar-refractivity contribution >= 4 is 5.96 Å². The number of aliphatic imine (C=N–C) groups is 1. The Hall–Kier alpha value is -1.59. The van der Waals surface area contributed by atoms with Gasteiger partial charge in [-0.15, -0.1) is 0 Å². The second-order valence-corrected chi connectivity index (χ2v) is 8.95. The van der Waals surface area contributed by atoms with E-state index in [9.17, 15) is 0 Å². The lowest BCUT2D eigenvalue weighted by Gasteiger charge is -2.39. The van der Waals surface area contributed by atoms with Gasteiger partial charge in [-0.1, -0.05) is 49.6 Å². The third kappa shape index (κ3) is 7.00. The molecule has 5 heteroatoms. The normalized spacial score (nSPS) is 21.3. The summed E-state index contributed by atoms with van der Waals surface area (Å²) >= 11 is 0. The van der Waals surface area contributed by atoms with Gasteiger partial charge < -0.3 is 15.5 Å². The highest BCUT2D eigenvalue weighted by molar-refractivity contribution is 5.80. The van der Waals surface area contributed by atoms with Crippen molar-refractivity contribution in [1.82, 2.24) is 20.4 Å². The van der Waals surface area contributed by atoms with E-state index >= 15 is 0 Å². The van der Waals surface area contributed by atoms with E-state index in [1.54, 1.807) is 0 Å². The summed E-state index contributed by atoms with van der Waals surface area (Å²) in [7, 11) is 4.07. The van der Waals surface area contributed by atoms with Gasteiger partial charge in [0.15, 0.2) is 5.96 Å². The molecule has 1 unspecified atom stereocenters. The minimum atomic E-state index is 0.432. The zero-order valence-electron chi connectivity index (χ0n) is 18.7. The van der Waals surface area contributed by atoms with Gasteiger partial charge in [-0.25, -0.2) is 0 Å². The first-order valence-electron chi connectivity index (χ1n) is 11.6. The second kappa shape index (κ2) is 11.6. The lowest BCUT2D eigenvalue weighted by molar-refractivity contribution is 0.119. The Balaban J connectivity index is 1.37. The molecule has 1 atom stereocenters. The van der Waals surface area contributed by atoms with Crippen molar-refractivity contribution in [2.75, 3.05) is 33.7 Å². The van der Waals surface area contributed by atoms with Crippen LogP contribution in [-0.2, 0) is 6.54 Å². The van der Waals surface area contributed by atoms with E-state index in [0.717, 1.165) is 25.1 Å². The molecule has 2 aliphatic rings. The van der Waals surface area contributed by atoms with E-state index in [4.69, 9.17) is 0 Å². The maximum atomic E-state index is 4.47. The number of piperidine rings is 1. The Morgan fingerprint density at radius 2 is 1.79 bits per heavy atom. The van der Waals surface area contributed by atoms with Crippen LogP contribution in [0.5, 0.6) is 0 Å². The van der Waals surface area contributed by atoms with Gasteiger partial charge >= 0.3 is 0 Å². The molecule has 3 rings (SSSR count). The first kappa shape index (κ1) is 22.1. The van der Waals surface area contributed by atoms with Gasteiger partial charge in [-0.05, 0) is 45.2 Å². The lowest BCUT2D eigenvalue weighted by Crippen LogP contribution is -2.52. The highest BCUT2D eigenvalue weighted by atomic mass is 15.2. The molecule has 1 saturated heterocycles. The maximum Gasteiger partial charge on any atom is 0.191 e. The molecule has 0 aromatic heterocycles. The minimum absolute atomic E-state index is 0.432. The largest absolute Gasteiger partial charge is 0.355 e. The summed E-state index contributed by atoms with van der Waals surface area (Å²) in [5, 5.41) is 7.21. The van der Waals surface area contributed by atoms with Crippen molar-refractivity contribution in [2.24, 2.45) is 4.99 Å². The Labute approximate surface area is 178 Å². The molecule has 162 valence electrons. The average Bonchev–Trinajstić information content (AvgIpc) is 2.78. The molecule has 1 aliphatic heterocycles. The molecule has 1 aromatic carbocycles. The number of nitrogens with one attached hydrogen (secondary N) is 2. The molecular formula is C24H41N5. The molecule has 1 aliphatic carbocycles. The molecule has 29 heavy (non-hydrogen) atoms. The molecule has 0 radical (unpaired) electrons. The molecular weight excluding hydrogens is 358 g/mol. The number of hydrogen-bond acceptors (Lipinski definition) is 3. The Morgan fingerprint density at radius 3 is 2.45 bits per heavy atom. The van der Waals surface area contributed by atoms with Crippen LogP contribution in [0.2, 0.25) is 0 Å². The number of likely N-dealkylation sites (tertiary alicyclic amines) is 1. The number of likely N-dealkylation sites (N-methyl/N-ethyl adjacent to an activating group) is 1. The van der Waals surface area contributed by atoms with E-state index in [-0.39, 0.29) is 0 Å². The zero-order valence-corrected chi connectivity index (χ0v) is 18.7. The molecule has 2 fully saturated rings. The first-order chi connectivity index (χ1) is 14.2. The lowest BCUT2D eigenvalue weighted by atomic mass is 9.92. The Kier molecular flexibility index (Phi) is 8.81. The van der Waals surface area contributed by atoms with Crippen LogP contribution in [0.3, 0.4) is 0 Å². The summed E-state index contributed by atoms with van der Waals surface area (Å²) < 4.78 is 0. The number of nitrogens with zero attached hydrogens (tertiary/aromatic N) is 3. The highest BCUT2D eigenvalue weighted by Gasteiger charge is 2.26. The van der Waals surface area contributed by atoms with Gasteiger partial charge in [0, 0.05) is 51.4 Å². The third-order valence-electron chi connectivity index (χ3n) is 6.78. The average molecular weight is 400 g/mol. The summed E-state index contributed by atoms with van der Waals surface area (Å²) in [5.41, 5.74) is 1.36. The summed E-state index contributed by atoms with van der Waals surface area (Å²) in [6.07, 6.45) is 9.56. The Morgan fingerprint density at radius 1 is 1.10 bits per heavy atom. The van der Waals surface area contributed by atoms with Crippen LogP contribution in [0.25, 0.3) is 0 Å². The van der Waals surface area contributed by atoms with Crippen molar-refractivity contribution in [3.8, 4) is 0 Å². The molecule has 1 aromatic rings. The van der Waals surface area contributed by atoms with Crippen LogP contribution < -0.4 is 10.6 Å². The molecule has 1 heterocycles. The van der Waals surface area contributed by atoms with Gasteiger partial charge in [0.1, 0.15) is 0 Å². The first-order valence-corrected chi connectivity index (χ1v) is 11.6. The number of benzene rings is 1. The third-order valence-corrected chi connectivity index (χ3v) is 6.78. The summed E-state index contributed by atoms with van der Waals surface area (Å²) in [6.45, 7) is 6.59. The van der Waals surface area contributed by atoms with Crippen LogP contribution in [0, 0.1) is 0 Å². The van der Waals surface area contributed by atoms with Gasteiger partial charge in [0.25, 0.3) is 0 Å². The van der Waals surface area contributed by atoms with Crippen LogP contribution in [0.4, 0.5) is 0 Å². The summed E-state index contributed by atoms with van der Waals surface area (Å²) in [6, 6.07) is 12.5. The molecule has 0 bridgehead atoms. The van der Waals surface area contributed by atoms with Crippen molar-refractivity contribution in [3.63, 3.8) is 0 Å². The van der Waals surface area contributed by atoms with E-state index < -0.39 is 0 Å². The fraction of sp³-hybridized carbons (Fsp3) is 0.708. The predicted octanol–water partition coefficient (Wildman–Crippen LogP) is 3.47. The van der Waals surface area contributed by atoms with Crippen molar-refractivity contribution in [2.45, 2.75) is 76.5 Å². The van der Waals surface area contributed by atoms with E-state index in [0.29, 0.717) is 12.1 Å². The summed E-state index contributed by atoms with van der Waals surface area (Å²) in [4.78, 5) is 9.60.